The van der Waals surface area contributed by atoms with Gasteiger partial charge >= 0.3 is 5.97 Å². The number of aryl methyl sites for hydroxylation is 1. The monoisotopic (exact) mass is 407 g/mol. The van der Waals surface area contributed by atoms with Crippen molar-refractivity contribution in [2.24, 2.45) is 7.05 Å². The molecule has 3 aromatic rings. The molecule has 0 aliphatic rings. The van der Waals surface area contributed by atoms with E-state index in [-0.39, 0.29) is 17.7 Å². The zero-order valence-corrected chi connectivity index (χ0v) is 16.8. The number of nitrogens with zero attached hydrogens (tertiary/aromatic N) is 2. The van der Waals surface area contributed by atoms with Gasteiger partial charge in [-0.25, -0.2) is 4.39 Å². The number of rotatable bonds is 7. The Bertz CT molecular complexity index is 1050. The summed E-state index contributed by atoms with van der Waals surface area (Å²) < 4.78 is 20.1. The second-order valence-corrected chi connectivity index (χ2v) is 6.65. The molecule has 0 fully saturated rings. The predicted octanol–water partition coefficient (Wildman–Crippen LogP) is 4.58. The number of ether oxygens (including phenoxy) is 1. The summed E-state index contributed by atoms with van der Waals surface area (Å²) in [6, 6.07) is 12.7. The van der Waals surface area contributed by atoms with E-state index in [1.165, 1.54) is 18.2 Å². The highest BCUT2D eigenvalue weighted by atomic mass is 19.1. The van der Waals surface area contributed by atoms with E-state index in [2.05, 4.69) is 10.4 Å². The third-order valence-electron chi connectivity index (χ3n) is 4.31. The van der Waals surface area contributed by atoms with Gasteiger partial charge in [-0.05, 0) is 61.0 Å². The van der Waals surface area contributed by atoms with Crippen LogP contribution in [0, 0.1) is 5.82 Å². The minimum Gasteiger partial charge on any atom is -0.427 e. The molecule has 1 heterocycles. The van der Waals surface area contributed by atoms with Gasteiger partial charge in [-0.15, -0.1) is 0 Å². The van der Waals surface area contributed by atoms with E-state index in [1.54, 1.807) is 60.4 Å². The Labute approximate surface area is 174 Å². The fourth-order valence-corrected chi connectivity index (χ4v) is 2.88. The normalized spacial score (nSPS) is 10.9. The van der Waals surface area contributed by atoms with Gasteiger partial charge in [0.15, 0.2) is 0 Å². The molecule has 0 unspecified atom stereocenters. The van der Waals surface area contributed by atoms with Gasteiger partial charge in [0.1, 0.15) is 11.6 Å². The molecule has 1 N–H and O–H groups in total. The van der Waals surface area contributed by atoms with Gasteiger partial charge in [0, 0.05) is 36.4 Å². The largest absolute Gasteiger partial charge is 0.427 e. The van der Waals surface area contributed by atoms with Crippen molar-refractivity contribution in [3.05, 3.63) is 72.2 Å². The number of amides is 1. The van der Waals surface area contributed by atoms with Crippen LogP contribution in [0.5, 0.6) is 5.75 Å². The van der Waals surface area contributed by atoms with Crippen LogP contribution in [0.4, 0.5) is 10.1 Å². The van der Waals surface area contributed by atoms with Crippen molar-refractivity contribution in [3.8, 4) is 17.0 Å². The van der Waals surface area contributed by atoms with Crippen molar-refractivity contribution in [3.63, 3.8) is 0 Å². The molecule has 3 rings (SSSR count). The van der Waals surface area contributed by atoms with Crippen LogP contribution in [0.15, 0.2) is 60.8 Å². The van der Waals surface area contributed by atoms with Crippen LogP contribution >= 0.6 is 0 Å². The van der Waals surface area contributed by atoms with E-state index >= 15 is 0 Å². The maximum Gasteiger partial charge on any atom is 0.311 e. The zero-order valence-electron chi connectivity index (χ0n) is 16.8. The van der Waals surface area contributed by atoms with Crippen molar-refractivity contribution >= 4 is 23.6 Å². The number of anilines is 1. The van der Waals surface area contributed by atoms with Crippen molar-refractivity contribution in [2.45, 2.75) is 19.8 Å². The van der Waals surface area contributed by atoms with Crippen LogP contribution in [0.3, 0.4) is 0 Å². The molecule has 6 nitrogen and oxygen atoms in total. The molecule has 1 amide bonds. The Balaban J connectivity index is 1.66. The smallest absolute Gasteiger partial charge is 0.311 e. The fraction of sp³-hybridized carbons (Fsp3) is 0.174. The Hall–Kier alpha value is -3.74. The lowest BCUT2D eigenvalue weighted by Gasteiger charge is -2.06. The van der Waals surface area contributed by atoms with Crippen molar-refractivity contribution in [1.82, 2.24) is 9.78 Å². The molecule has 7 heteroatoms. The molecule has 0 atom stereocenters. The molecule has 1 aromatic heterocycles. The Morgan fingerprint density at radius 1 is 1.13 bits per heavy atom. The van der Waals surface area contributed by atoms with Gasteiger partial charge < -0.3 is 10.1 Å². The minimum atomic E-state index is -0.320. The first-order valence-corrected chi connectivity index (χ1v) is 9.54. The van der Waals surface area contributed by atoms with Crippen molar-refractivity contribution in [2.75, 3.05) is 5.32 Å². The van der Waals surface area contributed by atoms with Crippen LogP contribution < -0.4 is 10.1 Å². The molecular formula is C23H22FN3O3. The van der Waals surface area contributed by atoms with E-state index in [9.17, 15) is 14.0 Å². The average Bonchev–Trinajstić information content (AvgIpc) is 3.09. The summed E-state index contributed by atoms with van der Waals surface area (Å²) in [6.45, 7) is 1.90. The maximum absolute atomic E-state index is 13.2. The highest BCUT2D eigenvalue weighted by Gasteiger charge is 2.10. The third-order valence-corrected chi connectivity index (χ3v) is 4.31. The van der Waals surface area contributed by atoms with Crippen LogP contribution in [0.2, 0.25) is 0 Å². The SMILES string of the molecule is CCCC(=O)Oc1ccc(NC(=O)C=Cc2cnn(C)c2-c2ccc(F)cc2)cc1. The van der Waals surface area contributed by atoms with Gasteiger partial charge in [0.2, 0.25) is 5.91 Å². The lowest BCUT2D eigenvalue weighted by atomic mass is 10.1. The Morgan fingerprint density at radius 3 is 2.50 bits per heavy atom. The first kappa shape index (κ1) is 21.0. The molecule has 0 saturated heterocycles. The molecule has 0 bridgehead atoms. The molecule has 0 spiro atoms. The number of aromatic nitrogens is 2. The predicted molar refractivity (Wildman–Crippen MR) is 113 cm³/mol. The third kappa shape index (κ3) is 5.41. The molecule has 30 heavy (non-hydrogen) atoms. The van der Waals surface area contributed by atoms with Crippen LogP contribution in [0.1, 0.15) is 25.3 Å². The van der Waals surface area contributed by atoms with E-state index in [4.69, 9.17) is 4.74 Å². The number of esters is 1. The summed E-state index contributed by atoms with van der Waals surface area (Å²) in [4.78, 5) is 23.8. The standard InChI is InChI=1S/C23H22FN3O3/c1-3-4-22(29)30-20-12-10-19(11-13-20)26-21(28)14-7-17-15-25-27(2)23(17)16-5-8-18(24)9-6-16/h5-15H,3-4H2,1-2H3,(H,26,28). The topological polar surface area (TPSA) is 73.2 Å². The number of hydrogen-bond acceptors (Lipinski definition) is 4. The van der Waals surface area contributed by atoms with Crippen LogP contribution in [-0.4, -0.2) is 21.7 Å². The first-order valence-electron chi connectivity index (χ1n) is 9.54. The van der Waals surface area contributed by atoms with Gasteiger partial charge in [0.05, 0.1) is 11.9 Å². The quantitative estimate of drug-likeness (QED) is 0.353. The van der Waals surface area contributed by atoms with Crippen LogP contribution in [0.25, 0.3) is 17.3 Å². The molecular weight excluding hydrogens is 385 g/mol. The molecule has 0 aliphatic carbocycles. The number of nitrogens with one attached hydrogen (secondary N) is 1. The lowest BCUT2D eigenvalue weighted by molar-refractivity contribution is -0.134. The second kappa shape index (κ2) is 9.65. The minimum absolute atomic E-state index is 0.286. The van der Waals surface area contributed by atoms with Gasteiger partial charge in [-0.3, -0.25) is 14.3 Å². The molecule has 2 aromatic carbocycles. The highest BCUT2D eigenvalue weighted by molar-refractivity contribution is 6.02. The highest BCUT2D eigenvalue weighted by Crippen LogP contribution is 2.24. The average molecular weight is 407 g/mol. The summed E-state index contributed by atoms with van der Waals surface area (Å²) in [5.74, 6) is -0.491. The van der Waals surface area contributed by atoms with Gasteiger partial charge in [-0.2, -0.15) is 5.10 Å². The van der Waals surface area contributed by atoms with Gasteiger partial charge in [-0.1, -0.05) is 6.92 Å². The van der Waals surface area contributed by atoms with Crippen molar-refractivity contribution < 1.29 is 18.7 Å². The summed E-state index contributed by atoms with van der Waals surface area (Å²) in [7, 11) is 1.78. The van der Waals surface area contributed by atoms with Crippen molar-refractivity contribution in [1.29, 1.82) is 0 Å². The maximum atomic E-state index is 13.2. The van der Waals surface area contributed by atoms with Crippen LogP contribution in [-0.2, 0) is 16.6 Å². The van der Waals surface area contributed by atoms with E-state index < -0.39 is 0 Å². The number of halogens is 1. The molecule has 0 aliphatic heterocycles. The summed E-state index contributed by atoms with van der Waals surface area (Å²) in [5, 5.41) is 6.97. The number of carbonyl (C=O) groups is 2. The summed E-state index contributed by atoms with van der Waals surface area (Å²) >= 11 is 0. The summed E-state index contributed by atoms with van der Waals surface area (Å²) in [6.07, 6.45) is 5.78. The zero-order chi connectivity index (χ0) is 21.5. The van der Waals surface area contributed by atoms with Gasteiger partial charge in [0.25, 0.3) is 0 Å². The summed E-state index contributed by atoms with van der Waals surface area (Å²) in [5.41, 5.74) is 2.88. The number of benzene rings is 2. The van der Waals surface area contributed by atoms with E-state index in [1.807, 2.05) is 6.92 Å². The number of hydrogen-bond donors (Lipinski definition) is 1. The molecule has 0 radical (unpaired) electrons. The Morgan fingerprint density at radius 2 is 1.83 bits per heavy atom. The van der Waals surface area contributed by atoms with E-state index in [0.717, 1.165) is 23.2 Å². The van der Waals surface area contributed by atoms with E-state index in [0.29, 0.717) is 17.9 Å². The Kier molecular flexibility index (Phi) is 6.75. The molecule has 0 saturated carbocycles. The first-order chi connectivity index (χ1) is 14.5. The number of carbonyl (C=O) groups excluding carboxylic acids is 2. The fourth-order valence-electron chi connectivity index (χ4n) is 2.88. The second-order valence-electron chi connectivity index (χ2n) is 6.65. The lowest BCUT2D eigenvalue weighted by Crippen LogP contribution is -2.09. The molecule has 154 valence electrons.